The molecular formula is C10H13IO. The van der Waals surface area contributed by atoms with Crippen LogP contribution >= 0.6 is 22.6 Å². The Morgan fingerprint density at radius 2 is 1.92 bits per heavy atom. The number of halogens is 1. The molecule has 1 aromatic rings. The molecule has 0 aliphatic carbocycles. The standard InChI is InChI=1S/C10H13IO/c1-7-4-5-9(11)8(6-7)10(2,3)12/h4-6,12H,1-3H3. The second kappa shape index (κ2) is 3.34. The van der Waals surface area contributed by atoms with Gasteiger partial charge in [0.05, 0.1) is 5.60 Å². The minimum atomic E-state index is -0.734. The Balaban J connectivity index is 3.23. The lowest BCUT2D eigenvalue weighted by Gasteiger charge is -2.19. The average molecular weight is 276 g/mol. The van der Waals surface area contributed by atoms with E-state index in [0.717, 1.165) is 9.13 Å². The van der Waals surface area contributed by atoms with Crippen molar-refractivity contribution in [3.05, 3.63) is 32.9 Å². The topological polar surface area (TPSA) is 20.2 Å². The Labute approximate surface area is 86.9 Å². The van der Waals surface area contributed by atoms with Crippen LogP contribution in [0.3, 0.4) is 0 Å². The Morgan fingerprint density at radius 3 is 2.33 bits per heavy atom. The molecule has 0 unspecified atom stereocenters. The molecule has 12 heavy (non-hydrogen) atoms. The summed E-state index contributed by atoms with van der Waals surface area (Å²) < 4.78 is 1.12. The lowest BCUT2D eigenvalue weighted by molar-refractivity contribution is 0.0776. The molecule has 0 saturated carbocycles. The summed E-state index contributed by atoms with van der Waals surface area (Å²) in [5, 5.41) is 9.79. The van der Waals surface area contributed by atoms with Crippen molar-refractivity contribution in [1.29, 1.82) is 0 Å². The first kappa shape index (κ1) is 9.99. The molecule has 66 valence electrons. The summed E-state index contributed by atoms with van der Waals surface area (Å²) in [6, 6.07) is 6.11. The molecule has 2 heteroatoms. The van der Waals surface area contributed by atoms with Crippen molar-refractivity contribution in [1.82, 2.24) is 0 Å². The zero-order chi connectivity index (χ0) is 9.35. The van der Waals surface area contributed by atoms with Crippen LogP contribution in [0.15, 0.2) is 18.2 Å². The zero-order valence-electron chi connectivity index (χ0n) is 7.56. The van der Waals surface area contributed by atoms with Crippen molar-refractivity contribution in [3.63, 3.8) is 0 Å². The highest BCUT2D eigenvalue weighted by Crippen LogP contribution is 2.25. The van der Waals surface area contributed by atoms with Gasteiger partial charge in [0.2, 0.25) is 0 Å². The molecule has 0 aliphatic heterocycles. The predicted octanol–water partition coefficient (Wildman–Crippen LogP) is 2.83. The second-order valence-electron chi connectivity index (χ2n) is 3.54. The fourth-order valence-electron chi connectivity index (χ4n) is 1.11. The molecule has 1 rings (SSSR count). The van der Waals surface area contributed by atoms with E-state index in [1.807, 2.05) is 32.9 Å². The number of hydrogen-bond acceptors (Lipinski definition) is 1. The van der Waals surface area contributed by atoms with Crippen LogP contribution in [0.2, 0.25) is 0 Å². The van der Waals surface area contributed by atoms with Gasteiger partial charge < -0.3 is 5.11 Å². The molecule has 0 fully saturated rings. The maximum Gasteiger partial charge on any atom is 0.0850 e. The lowest BCUT2D eigenvalue weighted by atomic mass is 9.97. The van der Waals surface area contributed by atoms with Gasteiger partial charge in [0.1, 0.15) is 0 Å². The largest absolute Gasteiger partial charge is 0.386 e. The van der Waals surface area contributed by atoms with Crippen molar-refractivity contribution >= 4 is 22.6 Å². The van der Waals surface area contributed by atoms with E-state index in [0.29, 0.717) is 0 Å². The molecule has 0 atom stereocenters. The van der Waals surface area contributed by atoms with E-state index in [9.17, 15) is 5.11 Å². The molecule has 0 aromatic heterocycles. The quantitative estimate of drug-likeness (QED) is 0.782. The maximum atomic E-state index is 9.79. The second-order valence-corrected chi connectivity index (χ2v) is 4.70. The molecule has 1 nitrogen and oxygen atoms in total. The third kappa shape index (κ3) is 2.20. The van der Waals surface area contributed by atoms with Crippen LogP contribution in [0, 0.1) is 10.5 Å². The number of benzene rings is 1. The Morgan fingerprint density at radius 1 is 1.33 bits per heavy atom. The number of aliphatic hydroxyl groups is 1. The van der Waals surface area contributed by atoms with Crippen molar-refractivity contribution in [3.8, 4) is 0 Å². The van der Waals surface area contributed by atoms with E-state index in [-0.39, 0.29) is 0 Å². The molecule has 0 bridgehead atoms. The summed E-state index contributed by atoms with van der Waals surface area (Å²) >= 11 is 2.24. The van der Waals surface area contributed by atoms with Crippen molar-refractivity contribution in [2.24, 2.45) is 0 Å². The van der Waals surface area contributed by atoms with E-state index in [2.05, 4.69) is 28.7 Å². The van der Waals surface area contributed by atoms with Crippen molar-refractivity contribution < 1.29 is 5.11 Å². The van der Waals surface area contributed by atoms with Gasteiger partial charge in [0, 0.05) is 3.57 Å². The summed E-state index contributed by atoms with van der Waals surface area (Å²) in [6.45, 7) is 5.65. The Kier molecular flexibility index (Phi) is 2.78. The summed E-state index contributed by atoms with van der Waals surface area (Å²) in [5.41, 5.74) is 1.46. The van der Waals surface area contributed by atoms with Crippen LogP contribution in [0.25, 0.3) is 0 Å². The maximum absolute atomic E-state index is 9.79. The van der Waals surface area contributed by atoms with Gasteiger partial charge in [-0.25, -0.2) is 0 Å². The Bertz CT molecular complexity index is 286. The van der Waals surface area contributed by atoms with Gasteiger partial charge in [-0.3, -0.25) is 0 Å². The van der Waals surface area contributed by atoms with Crippen LogP contribution in [-0.4, -0.2) is 5.11 Å². The number of rotatable bonds is 1. The number of aryl methyl sites for hydroxylation is 1. The third-order valence-electron chi connectivity index (χ3n) is 1.78. The van der Waals surface area contributed by atoms with Gasteiger partial charge in [-0.15, -0.1) is 0 Å². The van der Waals surface area contributed by atoms with Crippen LogP contribution in [-0.2, 0) is 5.60 Å². The monoisotopic (exact) mass is 276 g/mol. The highest BCUT2D eigenvalue weighted by molar-refractivity contribution is 14.1. The SMILES string of the molecule is Cc1ccc(I)c(C(C)(C)O)c1. The highest BCUT2D eigenvalue weighted by Gasteiger charge is 2.18. The Hall–Kier alpha value is -0.0900. The van der Waals surface area contributed by atoms with Gasteiger partial charge >= 0.3 is 0 Å². The van der Waals surface area contributed by atoms with Gasteiger partial charge in [-0.1, -0.05) is 17.7 Å². The molecular weight excluding hydrogens is 263 g/mol. The van der Waals surface area contributed by atoms with E-state index in [4.69, 9.17) is 0 Å². The first-order chi connectivity index (χ1) is 5.41. The fraction of sp³-hybridized carbons (Fsp3) is 0.400. The van der Waals surface area contributed by atoms with Gasteiger partial charge in [0.25, 0.3) is 0 Å². The molecule has 0 heterocycles. The van der Waals surface area contributed by atoms with E-state index >= 15 is 0 Å². The summed E-state index contributed by atoms with van der Waals surface area (Å²) in [7, 11) is 0. The van der Waals surface area contributed by atoms with Crippen LogP contribution in [0.5, 0.6) is 0 Å². The van der Waals surface area contributed by atoms with E-state index < -0.39 is 5.60 Å². The van der Waals surface area contributed by atoms with Crippen LogP contribution in [0.4, 0.5) is 0 Å². The van der Waals surface area contributed by atoms with Gasteiger partial charge in [-0.2, -0.15) is 0 Å². The molecule has 0 amide bonds. The molecule has 0 spiro atoms. The fourth-order valence-corrected chi connectivity index (χ4v) is 2.10. The molecule has 0 aliphatic rings. The van der Waals surface area contributed by atoms with Crippen molar-refractivity contribution in [2.75, 3.05) is 0 Å². The normalized spacial score (nSPS) is 11.8. The van der Waals surface area contributed by atoms with Gasteiger partial charge in [0.15, 0.2) is 0 Å². The molecule has 0 saturated heterocycles. The van der Waals surface area contributed by atoms with Crippen LogP contribution < -0.4 is 0 Å². The van der Waals surface area contributed by atoms with Gasteiger partial charge in [-0.05, 0) is 55.0 Å². The summed E-state index contributed by atoms with van der Waals surface area (Å²) in [5.74, 6) is 0. The molecule has 1 aromatic carbocycles. The minimum Gasteiger partial charge on any atom is -0.386 e. The smallest absolute Gasteiger partial charge is 0.0850 e. The molecule has 1 N–H and O–H groups in total. The van der Waals surface area contributed by atoms with Crippen LogP contribution in [0.1, 0.15) is 25.0 Å². The summed E-state index contributed by atoms with van der Waals surface area (Å²) in [6.07, 6.45) is 0. The van der Waals surface area contributed by atoms with E-state index in [1.165, 1.54) is 5.56 Å². The van der Waals surface area contributed by atoms with Crippen molar-refractivity contribution in [2.45, 2.75) is 26.4 Å². The van der Waals surface area contributed by atoms with E-state index in [1.54, 1.807) is 0 Å². The summed E-state index contributed by atoms with van der Waals surface area (Å²) in [4.78, 5) is 0. The minimum absolute atomic E-state index is 0.734. The first-order valence-electron chi connectivity index (χ1n) is 3.90. The highest BCUT2D eigenvalue weighted by atomic mass is 127. The zero-order valence-corrected chi connectivity index (χ0v) is 9.71. The third-order valence-corrected chi connectivity index (χ3v) is 2.72. The molecule has 0 radical (unpaired) electrons. The predicted molar refractivity (Wildman–Crippen MR) is 59.1 cm³/mol. The lowest BCUT2D eigenvalue weighted by Crippen LogP contribution is -2.17. The number of hydrogen-bond donors (Lipinski definition) is 1. The average Bonchev–Trinajstić information content (AvgIpc) is 1.92. The first-order valence-corrected chi connectivity index (χ1v) is 4.98.